The lowest BCUT2D eigenvalue weighted by molar-refractivity contribution is 0.188. The zero-order valence-corrected chi connectivity index (χ0v) is 6.47. The molecule has 0 heterocycles. The number of carboxylic acid groups (broad SMARTS) is 1. The molecule has 0 bridgehead atoms. The van der Waals surface area contributed by atoms with Crippen LogP contribution in [0.3, 0.4) is 0 Å². The van der Waals surface area contributed by atoms with E-state index in [1.807, 2.05) is 0 Å². The van der Waals surface area contributed by atoms with Crippen LogP contribution in [0.4, 0.5) is 4.79 Å². The van der Waals surface area contributed by atoms with Gasteiger partial charge in [0.2, 0.25) is 0 Å². The fourth-order valence-corrected chi connectivity index (χ4v) is 1.49. The summed E-state index contributed by atoms with van der Waals surface area (Å²) < 4.78 is 0. The second-order valence-corrected chi connectivity index (χ2v) is 2.96. The summed E-state index contributed by atoms with van der Waals surface area (Å²) in [5, 5.41) is 8.21. The predicted molar refractivity (Wildman–Crippen MR) is 41.1 cm³/mol. The van der Waals surface area contributed by atoms with E-state index in [0.717, 1.165) is 6.54 Å². The van der Waals surface area contributed by atoms with E-state index in [9.17, 15) is 4.79 Å². The quantitative estimate of drug-likeness (QED) is 0.536. The minimum atomic E-state index is -1.01. The average molecular weight is 158 g/mol. The first kappa shape index (κ1) is 8.33. The van der Waals surface area contributed by atoms with Gasteiger partial charge in [-0.05, 0) is 18.8 Å². The number of hydrazine groups is 1. The monoisotopic (exact) mass is 158 g/mol. The largest absolute Gasteiger partial charge is 0.464 e. The van der Waals surface area contributed by atoms with Crippen LogP contribution in [0.1, 0.15) is 25.7 Å². The molecule has 0 radical (unpaired) electrons. The molecule has 0 aromatic carbocycles. The van der Waals surface area contributed by atoms with Gasteiger partial charge in [0.15, 0.2) is 0 Å². The van der Waals surface area contributed by atoms with Crippen LogP contribution < -0.4 is 10.9 Å². The molecular weight excluding hydrogens is 144 g/mol. The summed E-state index contributed by atoms with van der Waals surface area (Å²) in [4.78, 5) is 10.00. The van der Waals surface area contributed by atoms with Crippen LogP contribution >= 0.6 is 0 Å². The third-order valence-corrected chi connectivity index (χ3v) is 2.06. The van der Waals surface area contributed by atoms with Gasteiger partial charge in [-0.3, -0.25) is 5.43 Å². The van der Waals surface area contributed by atoms with Crippen LogP contribution in [0.15, 0.2) is 0 Å². The summed E-state index contributed by atoms with van der Waals surface area (Å²) in [6.07, 6.45) is 4.03. The summed E-state index contributed by atoms with van der Waals surface area (Å²) in [5.41, 5.74) is 4.82. The highest BCUT2D eigenvalue weighted by atomic mass is 16.4. The Bertz CT molecular complexity index is 132. The Hall–Kier alpha value is -0.770. The first-order valence-electron chi connectivity index (χ1n) is 4.01. The second-order valence-electron chi connectivity index (χ2n) is 2.96. The van der Waals surface area contributed by atoms with Gasteiger partial charge in [-0.1, -0.05) is 12.8 Å². The van der Waals surface area contributed by atoms with Gasteiger partial charge < -0.3 is 5.11 Å². The molecule has 0 unspecified atom stereocenters. The molecule has 3 N–H and O–H groups in total. The van der Waals surface area contributed by atoms with Crippen molar-refractivity contribution in [2.24, 2.45) is 5.92 Å². The lowest BCUT2D eigenvalue weighted by atomic mass is 10.1. The Balaban J connectivity index is 1.98. The van der Waals surface area contributed by atoms with Crippen LogP contribution in [0.25, 0.3) is 0 Å². The maximum absolute atomic E-state index is 10.00. The molecule has 0 spiro atoms. The van der Waals surface area contributed by atoms with Gasteiger partial charge in [-0.25, -0.2) is 10.2 Å². The van der Waals surface area contributed by atoms with Crippen molar-refractivity contribution in [2.45, 2.75) is 25.7 Å². The summed E-state index contributed by atoms with van der Waals surface area (Å²) in [7, 11) is 0. The van der Waals surface area contributed by atoms with Crippen LogP contribution in [0, 0.1) is 5.92 Å². The molecule has 0 aliphatic heterocycles. The van der Waals surface area contributed by atoms with Crippen molar-refractivity contribution >= 4 is 6.09 Å². The molecule has 0 saturated heterocycles. The maximum Gasteiger partial charge on any atom is 0.419 e. The zero-order chi connectivity index (χ0) is 8.10. The van der Waals surface area contributed by atoms with Crippen molar-refractivity contribution in [3.63, 3.8) is 0 Å². The zero-order valence-electron chi connectivity index (χ0n) is 6.47. The Morgan fingerprint density at radius 2 is 2.09 bits per heavy atom. The lowest BCUT2D eigenvalue weighted by Crippen LogP contribution is -2.38. The highest BCUT2D eigenvalue weighted by molar-refractivity contribution is 5.63. The summed E-state index contributed by atoms with van der Waals surface area (Å²) in [5.74, 6) is 0.668. The molecule has 1 fully saturated rings. The van der Waals surface area contributed by atoms with E-state index in [4.69, 9.17) is 5.11 Å². The Morgan fingerprint density at radius 3 is 2.64 bits per heavy atom. The molecule has 1 aliphatic rings. The van der Waals surface area contributed by atoms with E-state index in [1.54, 1.807) is 0 Å². The number of hydrogen-bond donors (Lipinski definition) is 3. The highest BCUT2D eigenvalue weighted by Gasteiger charge is 2.14. The smallest absolute Gasteiger partial charge is 0.419 e. The first-order chi connectivity index (χ1) is 5.29. The van der Waals surface area contributed by atoms with Crippen molar-refractivity contribution in [1.29, 1.82) is 0 Å². The predicted octanol–water partition coefficient (Wildman–Crippen LogP) is 0.949. The van der Waals surface area contributed by atoms with Gasteiger partial charge in [0.05, 0.1) is 0 Å². The third-order valence-electron chi connectivity index (χ3n) is 2.06. The molecule has 1 aliphatic carbocycles. The third kappa shape index (κ3) is 3.23. The van der Waals surface area contributed by atoms with E-state index in [2.05, 4.69) is 10.9 Å². The second kappa shape index (κ2) is 4.18. The lowest BCUT2D eigenvalue weighted by Gasteiger charge is -2.08. The van der Waals surface area contributed by atoms with Crippen LogP contribution in [-0.4, -0.2) is 17.7 Å². The molecule has 1 rings (SSSR count). The number of amides is 1. The van der Waals surface area contributed by atoms with Gasteiger partial charge in [0.1, 0.15) is 0 Å². The van der Waals surface area contributed by atoms with E-state index in [1.165, 1.54) is 25.7 Å². The SMILES string of the molecule is O=C(O)NNCC1CCCC1. The summed E-state index contributed by atoms with van der Waals surface area (Å²) in [6.45, 7) is 0.770. The van der Waals surface area contributed by atoms with E-state index in [0.29, 0.717) is 5.92 Å². The Kier molecular flexibility index (Phi) is 3.16. The average Bonchev–Trinajstić information content (AvgIpc) is 2.39. The van der Waals surface area contributed by atoms with Crippen LogP contribution in [0.2, 0.25) is 0 Å². The summed E-state index contributed by atoms with van der Waals surface area (Å²) >= 11 is 0. The number of hydrogen-bond acceptors (Lipinski definition) is 2. The number of nitrogens with one attached hydrogen (secondary N) is 2. The molecule has 0 aromatic heterocycles. The minimum Gasteiger partial charge on any atom is -0.464 e. The van der Waals surface area contributed by atoms with E-state index in [-0.39, 0.29) is 0 Å². The van der Waals surface area contributed by atoms with E-state index >= 15 is 0 Å². The molecule has 0 atom stereocenters. The first-order valence-corrected chi connectivity index (χ1v) is 4.01. The standard InChI is InChI=1S/C7H14N2O2/c10-7(11)9-8-5-6-3-1-2-4-6/h6,8-9H,1-5H2,(H,10,11). The molecule has 64 valence electrons. The normalized spacial score (nSPS) is 18.5. The minimum absolute atomic E-state index is 0.668. The molecule has 11 heavy (non-hydrogen) atoms. The fraction of sp³-hybridized carbons (Fsp3) is 0.857. The Morgan fingerprint density at radius 1 is 1.45 bits per heavy atom. The molecule has 4 nitrogen and oxygen atoms in total. The van der Waals surface area contributed by atoms with Crippen molar-refractivity contribution < 1.29 is 9.90 Å². The molecule has 4 heteroatoms. The van der Waals surface area contributed by atoms with Gasteiger partial charge in [0, 0.05) is 6.54 Å². The topological polar surface area (TPSA) is 61.4 Å². The van der Waals surface area contributed by atoms with Gasteiger partial charge >= 0.3 is 6.09 Å². The fourth-order valence-electron chi connectivity index (χ4n) is 1.49. The highest BCUT2D eigenvalue weighted by Crippen LogP contribution is 2.23. The van der Waals surface area contributed by atoms with Crippen LogP contribution in [-0.2, 0) is 0 Å². The van der Waals surface area contributed by atoms with Gasteiger partial charge in [0.25, 0.3) is 0 Å². The summed E-state index contributed by atoms with van der Waals surface area (Å²) in [6, 6.07) is 0. The maximum atomic E-state index is 10.00. The molecule has 1 saturated carbocycles. The van der Waals surface area contributed by atoms with Gasteiger partial charge in [-0.15, -0.1) is 0 Å². The van der Waals surface area contributed by atoms with Crippen molar-refractivity contribution in [3.8, 4) is 0 Å². The van der Waals surface area contributed by atoms with Crippen molar-refractivity contribution in [3.05, 3.63) is 0 Å². The van der Waals surface area contributed by atoms with Crippen molar-refractivity contribution in [1.82, 2.24) is 10.9 Å². The van der Waals surface area contributed by atoms with Crippen molar-refractivity contribution in [2.75, 3.05) is 6.54 Å². The molecule has 1 amide bonds. The van der Waals surface area contributed by atoms with Gasteiger partial charge in [-0.2, -0.15) is 0 Å². The number of rotatable bonds is 3. The molecular formula is C7H14N2O2. The van der Waals surface area contributed by atoms with E-state index < -0.39 is 6.09 Å². The number of carbonyl (C=O) groups is 1. The molecule has 0 aromatic rings. The Labute approximate surface area is 65.9 Å². The van der Waals surface area contributed by atoms with Crippen LogP contribution in [0.5, 0.6) is 0 Å².